The number of benzene rings is 1. The maximum absolute atomic E-state index is 5.69. The predicted molar refractivity (Wildman–Crippen MR) is 97.5 cm³/mol. The van der Waals surface area contributed by atoms with E-state index in [1.165, 1.54) is 31.0 Å². The molecular formula is C19H33OP. The highest BCUT2D eigenvalue weighted by molar-refractivity contribution is 7.68. The van der Waals surface area contributed by atoms with Crippen LogP contribution in [0.4, 0.5) is 0 Å². The van der Waals surface area contributed by atoms with Crippen molar-refractivity contribution in [3.05, 3.63) is 24.3 Å². The van der Waals surface area contributed by atoms with Gasteiger partial charge in [-0.15, -0.1) is 0 Å². The molecule has 0 fully saturated rings. The normalized spacial score (nSPS) is 12.8. The summed E-state index contributed by atoms with van der Waals surface area (Å²) < 4.78 is 5.69. The molecular weight excluding hydrogens is 275 g/mol. The summed E-state index contributed by atoms with van der Waals surface area (Å²) in [6, 6.07) is 8.65. The van der Waals surface area contributed by atoms with Crippen LogP contribution in [0.2, 0.25) is 0 Å². The van der Waals surface area contributed by atoms with Gasteiger partial charge in [0.1, 0.15) is 5.75 Å². The van der Waals surface area contributed by atoms with Gasteiger partial charge in [0.2, 0.25) is 0 Å². The fourth-order valence-electron chi connectivity index (χ4n) is 3.73. The summed E-state index contributed by atoms with van der Waals surface area (Å²) in [7, 11) is 1.49. The van der Waals surface area contributed by atoms with Gasteiger partial charge in [-0.3, -0.25) is 0 Å². The molecule has 1 rings (SSSR count). The summed E-state index contributed by atoms with van der Waals surface area (Å²) in [5.41, 5.74) is 0. The van der Waals surface area contributed by atoms with E-state index < -0.39 is 0 Å². The van der Waals surface area contributed by atoms with Gasteiger partial charge in [-0.1, -0.05) is 80.5 Å². The molecule has 120 valence electrons. The SMILES string of the molecule is CCCC(C)(C)P(c1ccccc1OC)C(C)(C)CCC. The van der Waals surface area contributed by atoms with Crippen LogP contribution in [0.25, 0.3) is 0 Å². The van der Waals surface area contributed by atoms with E-state index in [0.29, 0.717) is 10.3 Å². The fourth-order valence-corrected chi connectivity index (χ4v) is 8.19. The van der Waals surface area contributed by atoms with E-state index in [0.717, 1.165) is 5.75 Å². The van der Waals surface area contributed by atoms with Crippen molar-refractivity contribution in [3.63, 3.8) is 0 Å². The van der Waals surface area contributed by atoms with E-state index in [4.69, 9.17) is 4.74 Å². The summed E-state index contributed by atoms with van der Waals surface area (Å²) in [6.45, 7) is 14.4. The van der Waals surface area contributed by atoms with Crippen molar-refractivity contribution in [2.45, 2.75) is 77.5 Å². The maximum Gasteiger partial charge on any atom is 0.126 e. The van der Waals surface area contributed by atoms with Crippen LogP contribution in [-0.4, -0.2) is 17.4 Å². The molecule has 0 atom stereocenters. The fraction of sp³-hybridized carbons (Fsp3) is 0.684. The zero-order valence-electron chi connectivity index (χ0n) is 15.0. The molecule has 0 saturated carbocycles. The second kappa shape index (κ2) is 7.63. The van der Waals surface area contributed by atoms with Gasteiger partial charge in [0, 0.05) is 5.30 Å². The zero-order valence-corrected chi connectivity index (χ0v) is 15.9. The highest BCUT2D eigenvalue weighted by Crippen LogP contribution is 2.62. The van der Waals surface area contributed by atoms with Crippen LogP contribution >= 0.6 is 7.92 Å². The molecule has 2 heteroatoms. The Morgan fingerprint density at radius 1 is 0.905 bits per heavy atom. The lowest BCUT2D eigenvalue weighted by molar-refractivity contribution is 0.417. The number of para-hydroxylation sites is 1. The smallest absolute Gasteiger partial charge is 0.126 e. The van der Waals surface area contributed by atoms with Crippen LogP contribution < -0.4 is 10.0 Å². The zero-order chi connectivity index (χ0) is 16.1. The lowest BCUT2D eigenvalue weighted by Gasteiger charge is -2.46. The Balaban J connectivity index is 3.37. The summed E-state index contributed by atoms with van der Waals surface area (Å²) >= 11 is 0. The number of ether oxygens (including phenoxy) is 1. The van der Waals surface area contributed by atoms with E-state index in [9.17, 15) is 0 Å². The van der Waals surface area contributed by atoms with Gasteiger partial charge in [0.25, 0.3) is 0 Å². The molecule has 0 aliphatic rings. The minimum atomic E-state index is -0.306. The van der Waals surface area contributed by atoms with Crippen LogP contribution in [0, 0.1) is 0 Å². The van der Waals surface area contributed by atoms with E-state index in [-0.39, 0.29) is 7.92 Å². The van der Waals surface area contributed by atoms with Crippen LogP contribution in [-0.2, 0) is 0 Å². The van der Waals surface area contributed by atoms with Crippen molar-refractivity contribution in [1.29, 1.82) is 0 Å². The van der Waals surface area contributed by atoms with Gasteiger partial charge in [0.15, 0.2) is 0 Å². The van der Waals surface area contributed by atoms with E-state index in [1.54, 1.807) is 7.11 Å². The number of rotatable bonds is 8. The number of methoxy groups -OCH3 is 1. The molecule has 1 nitrogen and oxygen atoms in total. The lowest BCUT2D eigenvalue weighted by atomic mass is 10.1. The van der Waals surface area contributed by atoms with Crippen molar-refractivity contribution >= 4 is 13.2 Å². The second-order valence-electron chi connectivity index (χ2n) is 7.13. The van der Waals surface area contributed by atoms with E-state index in [2.05, 4.69) is 65.8 Å². The molecule has 0 saturated heterocycles. The van der Waals surface area contributed by atoms with Gasteiger partial charge in [-0.05, 0) is 29.2 Å². The molecule has 0 aromatic heterocycles. The van der Waals surface area contributed by atoms with Crippen molar-refractivity contribution in [1.82, 2.24) is 0 Å². The highest BCUT2D eigenvalue weighted by Gasteiger charge is 2.41. The summed E-state index contributed by atoms with van der Waals surface area (Å²) in [5, 5.41) is 2.10. The lowest BCUT2D eigenvalue weighted by Crippen LogP contribution is -2.35. The van der Waals surface area contributed by atoms with Gasteiger partial charge >= 0.3 is 0 Å². The van der Waals surface area contributed by atoms with Crippen molar-refractivity contribution in [2.24, 2.45) is 0 Å². The molecule has 0 unspecified atom stereocenters. The summed E-state index contributed by atoms with van der Waals surface area (Å²) in [4.78, 5) is 0. The Morgan fingerprint density at radius 3 is 1.81 bits per heavy atom. The Hall–Kier alpha value is -0.550. The third kappa shape index (κ3) is 4.46. The molecule has 1 aromatic rings. The molecule has 0 aliphatic heterocycles. The summed E-state index contributed by atoms with van der Waals surface area (Å²) in [5.74, 6) is 1.07. The van der Waals surface area contributed by atoms with E-state index in [1.807, 2.05) is 0 Å². The molecule has 21 heavy (non-hydrogen) atoms. The van der Waals surface area contributed by atoms with Crippen molar-refractivity contribution in [3.8, 4) is 5.75 Å². The molecule has 0 heterocycles. The summed E-state index contributed by atoms with van der Waals surface area (Å²) in [6.07, 6.45) is 5.01. The molecule has 0 N–H and O–H groups in total. The third-order valence-electron chi connectivity index (χ3n) is 4.26. The Labute approximate surface area is 133 Å². The molecule has 0 aliphatic carbocycles. The number of hydrogen-bond donors (Lipinski definition) is 0. The maximum atomic E-state index is 5.69. The van der Waals surface area contributed by atoms with Gasteiger partial charge in [0.05, 0.1) is 7.11 Å². The first-order valence-electron chi connectivity index (χ1n) is 8.23. The quantitative estimate of drug-likeness (QED) is 0.538. The van der Waals surface area contributed by atoms with Gasteiger partial charge < -0.3 is 4.74 Å². The minimum absolute atomic E-state index is 0.306. The first kappa shape index (κ1) is 18.5. The molecule has 0 spiro atoms. The number of hydrogen-bond acceptors (Lipinski definition) is 1. The van der Waals surface area contributed by atoms with Gasteiger partial charge in [-0.25, -0.2) is 0 Å². The Kier molecular flexibility index (Phi) is 6.72. The van der Waals surface area contributed by atoms with Crippen LogP contribution in [0.3, 0.4) is 0 Å². The van der Waals surface area contributed by atoms with Crippen LogP contribution in [0.15, 0.2) is 24.3 Å². The highest BCUT2D eigenvalue weighted by atomic mass is 31.1. The van der Waals surface area contributed by atoms with E-state index >= 15 is 0 Å². The average Bonchev–Trinajstić information content (AvgIpc) is 2.38. The Morgan fingerprint density at radius 2 is 1.38 bits per heavy atom. The first-order valence-corrected chi connectivity index (χ1v) is 9.57. The van der Waals surface area contributed by atoms with Crippen LogP contribution in [0.1, 0.15) is 67.2 Å². The van der Waals surface area contributed by atoms with Crippen molar-refractivity contribution in [2.75, 3.05) is 7.11 Å². The Bertz CT molecular complexity index is 419. The average molecular weight is 308 g/mol. The molecule has 0 radical (unpaired) electrons. The monoisotopic (exact) mass is 308 g/mol. The molecule has 0 amide bonds. The van der Waals surface area contributed by atoms with Crippen LogP contribution in [0.5, 0.6) is 5.75 Å². The predicted octanol–water partition coefficient (Wildman–Crippen LogP) is 5.96. The molecule has 1 aromatic carbocycles. The standard InChI is InChI=1S/C19H33OP/c1-8-14-18(3,4)21(19(5,6)15-9-2)17-13-11-10-12-16(17)20-7/h10-13H,8-9,14-15H2,1-7H3. The van der Waals surface area contributed by atoms with Crippen molar-refractivity contribution < 1.29 is 4.74 Å². The third-order valence-corrected chi connectivity index (χ3v) is 7.98. The largest absolute Gasteiger partial charge is 0.496 e. The topological polar surface area (TPSA) is 9.23 Å². The molecule has 0 bridgehead atoms. The minimum Gasteiger partial charge on any atom is -0.496 e. The van der Waals surface area contributed by atoms with Gasteiger partial charge in [-0.2, -0.15) is 0 Å². The second-order valence-corrected chi connectivity index (χ2v) is 10.7. The first-order chi connectivity index (χ1) is 9.80.